The average Bonchev–Trinajstić information content (AvgIpc) is 3.07. The van der Waals surface area contributed by atoms with Crippen molar-refractivity contribution in [3.63, 3.8) is 0 Å². The summed E-state index contributed by atoms with van der Waals surface area (Å²) in [4.78, 5) is 15.6. The van der Waals surface area contributed by atoms with Gasteiger partial charge in [-0.1, -0.05) is 5.16 Å². The molecule has 1 heterocycles. The lowest BCUT2D eigenvalue weighted by Gasteiger charge is -2.01. The average molecular weight is 239 g/mol. The Bertz CT molecular complexity index is 374. The molecule has 0 aromatic carbocycles. The van der Waals surface area contributed by atoms with Crippen LogP contribution < -0.4 is 5.32 Å². The van der Waals surface area contributed by atoms with Crippen LogP contribution in [0.5, 0.6) is 0 Å². The molecule has 94 valence electrons. The minimum absolute atomic E-state index is 0.0513. The highest BCUT2D eigenvalue weighted by Gasteiger charge is 2.28. The molecule has 2 N–H and O–H groups in total. The van der Waals surface area contributed by atoms with Gasteiger partial charge in [0.25, 0.3) is 0 Å². The van der Waals surface area contributed by atoms with E-state index in [1.807, 2.05) is 0 Å². The van der Waals surface area contributed by atoms with E-state index in [0.717, 1.165) is 18.7 Å². The first-order chi connectivity index (χ1) is 8.29. The van der Waals surface area contributed by atoms with Crippen LogP contribution in [0, 0.1) is 0 Å². The summed E-state index contributed by atoms with van der Waals surface area (Å²) in [6.07, 6.45) is 3.68. The van der Waals surface area contributed by atoms with E-state index >= 15 is 0 Å². The fourth-order valence-corrected chi connectivity index (χ4v) is 1.49. The molecule has 0 saturated heterocycles. The number of hydrogen-bond donors (Lipinski definition) is 2. The van der Waals surface area contributed by atoms with Gasteiger partial charge in [0.1, 0.15) is 0 Å². The SMILES string of the molecule is O=C(CCc1nc(C2CC2)no1)NCCCO. The number of carbonyl (C=O) groups excluding carboxylic acids is 1. The van der Waals surface area contributed by atoms with Crippen LogP contribution in [0.25, 0.3) is 0 Å². The summed E-state index contributed by atoms with van der Waals surface area (Å²) in [7, 11) is 0. The highest BCUT2D eigenvalue weighted by molar-refractivity contribution is 5.75. The van der Waals surface area contributed by atoms with Gasteiger partial charge in [0, 0.05) is 31.9 Å². The Labute approximate surface area is 99.4 Å². The van der Waals surface area contributed by atoms with Crippen molar-refractivity contribution in [3.8, 4) is 0 Å². The van der Waals surface area contributed by atoms with Gasteiger partial charge in [0.05, 0.1) is 0 Å². The first-order valence-electron chi connectivity index (χ1n) is 5.99. The molecule has 0 atom stereocenters. The van der Waals surface area contributed by atoms with Crippen LogP contribution in [-0.2, 0) is 11.2 Å². The summed E-state index contributed by atoms with van der Waals surface area (Å²) in [5.74, 6) is 1.74. The Kier molecular flexibility index (Phi) is 4.08. The van der Waals surface area contributed by atoms with Crippen LogP contribution in [0.15, 0.2) is 4.52 Å². The highest BCUT2D eigenvalue weighted by atomic mass is 16.5. The van der Waals surface area contributed by atoms with E-state index in [1.165, 1.54) is 0 Å². The van der Waals surface area contributed by atoms with E-state index < -0.39 is 0 Å². The molecule has 0 radical (unpaired) electrons. The maximum absolute atomic E-state index is 11.4. The standard InChI is InChI=1S/C11H17N3O3/c15-7-1-6-12-9(16)4-5-10-13-11(14-17-10)8-2-3-8/h8,15H,1-7H2,(H,12,16). The van der Waals surface area contributed by atoms with Gasteiger partial charge in [0.15, 0.2) is 5.82 Å². The van der Waals surface area contributed by atoms with Crippen LogP contribution >= 0.6 is 0 Å². The zero-order chi connectivity index (χ0) is 12.1. The summed E-state index contributed by atoms with van der Waals surface area (Å²) < 4.78 is 5.06. The normalized spacial score (nSPS) is 14.9. The van der Waals surface area contributed by atoms with E-state index in [9.17, 15) is 4.79 Å². The van der Waals surface area contributed by atoms with Crippen molar-refractivity contribution in [1.29, 1.82) is 0 Å². The van der Waals surface area contributed by atoms with E-state index in [-0.39, 0.29) is 12.5 Å². The van der Waals surface area contributed by atoms with Crippen molar-refractivity contribution in [1.82, 2.24) is 15.5 Å². The molecule has 0 spiro atoms. The third-order valence-electron chi connectivity index (χ3n) is 2.65. The Morgan fingerprint density at radius 2 is 2.35 bits per heavy atom. The second-order valence-electron chi connectivity index (χ2n) is 4.25. The molecule has 0 unspecified atom stereocenters. The third kappa shape index (κ3) is 3.81. The van der Waals surface area contributed by atoms with E-state index in [4.69, 9.17) is 9.63 Å². The first-order valence-corrected chi connectivity index (χ1v) is 5.99. The molecule has 6 heteroatoms. The smallest absolute Gasteiger partial charge is 0.227 e. The second kappa shape index (κ2) is 5.77. The lowest BCUT2D eigenvalue weighted by molar-refractivity contribution is -0.121. The van der Waals surface area contributed by atoms with Crippen molar-refractivity contribution in [2.24, 2.45) is 0 Å². The molecule has 6 nitrogen and oxygen atoms in total. The molecular weight excluding hydrogens is 222 g/mol. The Morgan fingerprint density at radius 3 is 3.06 bits per heavy atom. The van der Waals surface area contributed by atoms with Crippen LogP contribution in [0.1, 0.15) is 43.3 Å². The van der Waals surface area contributed by atoms with Gasteiger partial charge in [-0.25, -0.2) is 0 Å². The van der Waals surface area contributed by atoms with Crippen LogP contribution in [0.3, 0.4) is 0 Å². The number of carbonyl (C=O) groups is 1. The summed E-state index contributed by atoms with van der Waals surface area (Å²) in [6.45, 7) is 0.598. The topological polar surface area (TPSA) is 88.2 Å². The van der Waals surface area contributed by atoms with Crippen molar-refractivity contribution < 1.29 is 14.4 Å². The molecule has 1 amide bonds. The van der Waals surface area contributed by atoms with Gasteiger partial charge in [-0.2, -0.15) is 4.98 Å². The molecule has 1 fully saturated rings. The van der Waals surface area contributed by atoms with Crippen LogP contribution in [-0.4, -0.2) is 34.3 Å². The largest absolute Gasteiger partial charge is 0.396 e. The maximum Gasteiger partial charge on any atom is 0.227 e. The van der Waals surface area contributed by atoms with Crippen molar-refractivity contribution in [3.05, 3.63) is 11.7 Å². The van der Waals surface area contributed by atoms with Gasteiger partial charge in [-0.15, -0.1) is 0 Å². The molecule has 1 aromatic heterocycles. The fourth-order valence-electron chi connectivity index (χ4n) is 1.49. The van der Waals surface area contributed by atoms with Crippen molar-refractivity contribution >= 4 is 5.91 Å². The molecule has 1 aliphatic carbocycles. The van der Waals surface area contributed by atoms with E-state index in [1.54, 1.807) is 0 Å². The van der Waals surface area contributed by atoms with Crippen molar-refractivity contribution in [2.45, 2.75) is 38.0 Å². The number of rotatable bonds is 7. The summed E-state index contributed by atoms with van der Waals surface area (Å²) in [5, 5.41) is 15.2. The quantitative estimate of drug-likeness (QED) is 0.671. The molecule has 0 bridgehead atoms. The molecule has 0 aliphatic heterocycles. The second-order valence-corrected chi connectivity index (χ2v) is 4.25. The van der Waals surface area contributed by atoms with Gasteiger partial charge in [-0.05, 0) is 19.3 Å². The highest BCUT2D eigenvalue weighted by Crippen LogP contribution is 2.38. The predicted molar refractivity (Wildman–Crippen MR) is 59.3 cm³/mol. The molecule has 2 rings (SSSR count). The van der Waals surface area contributed by atoms with Gasteiger partial charge >= 0.3 is 0 Å². The molecular formula is C11H17N3O3. The number of aliphatic hydroxyl groups excluding tert-OH is 1. The summed E-state index contributed by atoms with van der Waals surface area (Å²) in [6, 6.07) is 0. The Balaban J connectivity index is 1.67. The fraction of sp³-hybridized carbons (Fsp3) is 0.727. The van der Waals surface area contributed by atoms with Gasteiger partial charge in [-0.3, -0.25) is 4.79 Å². The first kappa shape index (κ1) is 12.0. The maximum atomic E-state index is 11.4. The Morgan fingerprint density at radius 1 is 1.53 bits per heavy atom. The van der Waals surface area contributed by atoms with Gasteiger partial charge in [0.2, 0.25) is 11.8 Å². The lowest BCUT2D eigenvalue weighted by atomic mass is 10.3. The predicted octanol–water partition coefficient (Wildman–Crippen LogP) is 0.378. The minimum atomic E-state index is -0.0513. The third-order valence-corrected chi connectivity index (χ3v) is 2.65. The summed E-state index contributed by atoms with van der Waals surface area (Å²) >= 11 is 0. The number of hydrogen-bond acceptors (Lipinski definition) is 5. The minimum Gasteiger partial charge on any atom is -0.396 e. The number of nitrogens with one attached hydrogen (secondary N) is 1. The van der Waals surface area contributed by atoms with Gasteiger partial charge < -0.3 is 14.9 Å². The molecule has 1 saturated carbocycles. The van der Waals surface area contributed by atoms with Crippen molar-refractivity contribution in [2.75, 3.05) is 13.2 Å². The Hall–Kier alpha value is -1.43. The lowest BCUT2D eigenvalue weighted by Crippen LogP contribution is -2.25. The number of aryl methyl sites for hydroxylation is 1. The zero-order valence-corrected chi connectivity index (χ0v) is 9.69. The summed E-state index contributed by atoms with van der Waals surface area (Å²) in [5.41, 5.74) is 0. The van der Waals surface area contributed by atoms with E-state index in [2.05, 4.69) is 15.5 Å². The van der Waals surface area contributed by atoms with Crippen LogP contribution in [0.4, 0.5) is 0 Å². The zero-order valence-electron chi connectivity index (χ0n) is 9.69. The monoisotopic (exact) mass is 239 g/mol. The van der Waals surface area contributed by atoms with E-state index in [0.29, 0.717) is 37.6 Å². The number of aromatic nitrogens is 2. The van der Waals surface area contributed by atoms with Crippen LogP contribution in [0.2, 0.25) is 0 Å². The molecule has 1 aromatic rings. The number of amides is 1. The molecule has 17 heavy (non-hydrogen) atoms. The molecule has 1 aliphatic rings. The number of aliphatic hydroxyl groups is 1. The number of nitrogens with zero attached hydrogens (tertiary/aromatic N) is 2.